The van der Waals surface area contributed by atoms with E-state index in [1.807, 2.05) is 56.8 Å². The van der Waals surface area contributed by atoms with Crippen molar-refractivity contribution in [1.29, 1.82) is 0 Å². The van der Waals surface area contributed by atoms with Gasteiger partial charge in [-0.25, -0.2) is 0 Å². The van der Waals surface area contributed by atoms with Crippen LogP contribution in [0.5, 0.6) is 0 Å². The Balaban J connectivity index is 2.14. The van der Waals surface area contributed by atoms with Gasteiger partial charge in [0.2, 0.25) is 0 Å². The van der Waals surface area contributed by atoms with Gasteiger partial charge in [-0.15, -0.1) is 0 Å². The standard InChI is InChI=1S/C17H23N3O/c1-6-20-14(5)16(10-18-20)13(4)19-17(21)15-8-7-11(2)12(3)9-15/h7-10,13H,6H2,1-5H3,(H,19,21). The molecule has 1 heterocycles. The summed E-state index contributed by atoms with van der Waals surface area (Å²) in [7, 11) is 0. The summed E-state index contributed by atoms with van der Waals surface area (Å²) in [5.74, 6) is -0.0470. The van der Waals surface area contributed by atoms with Gasteiger partial charge in [-0.3, -0.25) is 9.48 Å². The van der Waals surface area contributed by atoms with E-state index in [0.29, 0.717) is 5.56 Å². The summed E-state index contributed by atoms with van der Waals surface area (Å²) < 4.78 is 1.94. The van der Waals surface area contributed by atoms with Gasteiger partial charge in [0.25, 0.3) is 5.91 Å². The highest BCUT2D eigenvalue weighted by molar-refractivity contribution is 5.94. The molecule has 1 atom stereocenters. The van der Waals surface area contributed by atoms with E-state index in [2.05, 4.69) is 17.3 Å². The molecule has 2 rings (SSSR count). The lowest BCUT2D eigenvalue weighted by atomic mass is 10.0. The van der Waals surface area contributed by atoms with Gasteiger partial charge in [0.05, 0.1) is 12.2 Å². The number of nitrogens with zero attached hydrogens (tertiary/aromatic N) is 2. The van der Waals surface area contributed by atoms with E-state index >= 15 is 0 Å². The van der Waals surface area contributed by atoms with Gasteiger partial charge in [-0.05, 0) is 57.9 Å². The van der Waals surface area contributed by atoms with Crippen molar-refractivity contribution >= 4 is 5.91 Å². The highest BCUT2D eigenvalue weighted by Gasteiger charge is 2.16. The van der Waals surface area contributed by atoms with Gasteiger partial charge in [0.15, 0.2) is 0 Å². The van der Waals surface area contributed by atoms with Crippen LogP contribution in [0.1, 0.15) is 52.6 Å². The fourth-order valence-corrected chi connectivity index (χ4v) is 2.45. The van der Waals surface area contributed by atoms with Crippen LogP contribution in [-0.4, -0.2) is 15.7 Å². The Bertz CT molecular complexity index is 658. The van der Waals surface area contributed by atoms with Gasteiger partial charge in [0, 0.05) is 23.4 Å². The molecule has 0 aliphatic rings. The molecule has 0 aliphatic heterocycles. The minimum atomic E-state index is -0.0561. The zero-order chi connectivity index (χ0) is 15.6. The largest absolute Gasteiger partial charge is 0.345 e. The van der Waals surface area contributed by atoms with Crippen molar-refractivity contribution in [1.82, 2.24) is 15.1 Å². The van der Waals surface area contributed by atoms with Gasteiger partial charge < -0.3 is 5.32 Å². The molecular weight excluding hydrogens is 262 g/mol. The van der Waals surface area contributed by atoms with E-state index in [-0.39, 0.29) is 11.9 Å². The number of hydrogen-bond donors (Lipinski definition) is 1. The second-order valence-corrected chi connectivity index (χ2v) is 5.50. The number of carbonyl (C=O) groups is 1. The molecule has 1 amide bonds. The molecule has 1 unspecified atom stereocenters. The monoisotopic (exact) mass is 285 g/mol. The molecule has 2 aromatic rings. The van der Waals surface area contributed by atoms with Crippen molar-refractivity contribution in [2.75, 3.05) is 0 Å². The zero-order valence-corrected chi connectivity index (χ0v) is 13.4. The number of aromatic nitrogens is 2. The molecule has 0 spiro atoms. The Kier molecular flexibility index (Phi) is 4.46. The number of hydrogen-bond acceptors (Lipinski definition) is 2. The summed E-state index contributed by atoms with van der Waals surface area (Å²) in [6.45, 7) is 11.0. The van der Waals surface area contributed by atoms with Crippen LogP contribution < -0.4 is 5.32 Å². The number of nitrogens with one attached hydrogen (secondary N) is 1. The van der Waals surface area contributed by atoms with Crippen molar-refractivity contribution in [2.45, 2.75) is 47.2 Å². The SMILES string of the molecule is CCn1ncc(C(C)NC(=O)c2ccc(C)c(C)c2)c1C. The summed E-state index contributed by atoms with van der Waals surface area (Å²) in [5, 5.41) is 7.37. The summed E-state index contributed by atoms with van der Waals surface area (Å²) in [6, 6.07) is 5.72. The molecule has 4 heteroatoms. The second kappa shape index (κ2) is 6.12. The number of carbonyl (C=O) groups excluding carboxylic acids is 1. The van der Waals surface area contributed by atoms with Crippen LogP contribution in [0.15, 0.2) is 24.4 Å². The first kappa shape index (κ1) is 15.3. The van der Waals surface area contributed by atoms with Crippen molar-refractivity contribution in [3.63, 3.8) is 0 Å². The molecule has 0 saturated carbocycles. The molecule has 1 aromatic heterocycles. The zero-order valence-electron chi connectivity index (χ0n) is 13.4. The van der Waals surface area contributed by atoms with Crippen LogP contribution in [0, 0.1) is 20.8 Å². The molecule has 0 radical (unpaired) electrons. The third-order valence-electron chi connectivity index (χ3n) is 4.02. The quantitative estimate of drug-likeness (QED) is 0.936. The van der Waals surface area contributed by atoms with Gasteiger partial charge in [-0.2, -0.15) is 5.10 Å². The molecular formula is C17H23N3O. The first-order valence-corrected chi connectivity index (χ1v) is 7.34. The van der Waals surface area contributed by atoms with E-state index in [1.165, 1.54) is 5.56 Å². The van der Waals surface area contributed by atoms with Crippen LogP contribution in [0.3, 0.4) is 0 Å². The van der Waals surface area contributed by atoms with Crippen LogP contribution in [-0.2, 0) is 6.54 Å². The predicted octanol–water partition coefficient (Wildman–Crippen LogP) is 3.32. The molecule has 1 aromatic carbocycles. The van der Waals surface area contributed by atoms with Gasteiger partial charge in [-0.1, -0.05) is 6.07 Å². The molecule has 4 nitrogen and oxygen atoms in total. The van der Waals surface area contributed by atoms with Crippen LogP contribution >= 0.6 is 0 Å². The molecule has 0 saturated heterocycles. The molecule has 0 bridgehead atoms. The number of amides is 1. The maximum absolute atomic E-state index is 12.3. The Morgan fingerprint density at radius 1 is 1.29 bits per heavy atom. The van der Waals surface area contributed by atoms with Crippen LogP contribution in [0.4, 0.5) is 0 Å². The van der Waals surface area contributed by atoms with E-state index in [9.17, 15) is 4.79 Å². The minimum absolute atomic E-state index is 0.0470. The Morgan fingerprint density at radius 2 is 2.00 bits per heavy atom. The normalized spacial score (nSPS) is 12.2. The van der Waals surface area contributed by atoms with E-state index in [0.717, 1.165) is 23.4 Å². The fraction of sp³-hybridized carbons (Fsp3) is 0.412. The first-order valence-electron chi connectivity index (χ1n) is 7.34. The van der Waals surface area contributed by atoms with Crippen molar-refractivity contribution in [3.8, 4) is 0 Å². The van der Waals surface area contributed by atoms with E-state index in [4.69, 9.17) is 0 Å². The lowest BCUT2D eigenvalue weighted by molar-refractivity contribution is 0.0939. The number of rotatable bonds is 4. The first-order chi connectivity index (χ1) is 9.93. The fourth-order valence-electron chi connectivity index (χ4n) is 2.45. The highest BCUT2D eigenvalue weighted by atomic mass is 16.1. The van der Waals surface area contributed by atoms with Gasteiger partial charge in [0.1, 0.15) is 0 Å². The average molecular weight is 285 g/mol. The smallest absolute Gasteiger partial charge is 0.251 e. The molecule has 1 N–H and O–H groups in total. The minimum Gasteiger partial charge on any atom is -0.345 e. The number of benzene rings is 1. The Labute approximate surface area is 126 Å². The summed E-state index contributed by atoms with van der Waals surface area (Å²) >= 11 is 0. The maximum Gasteiger partial charge on any atom is 0.251 e. The lowest BCUT2D eigenvalue weighted by Crippen LogP contribution is -2.27. The molecule has 0 fully saturated rings. The highest BCUT2D eigenvalue weighted by Crippen LogP contribution is 2.18. The number of aryl methyl sites for hydroxylation is 3. The average Bonchev–Trinajstić information content (AvgIpc) is 2.82. The summed E-state index contributed by atoms with van der Waals surface area (Å²) in [5.41, 5.74) is 5.19. The summed E-state index contributed by atoms with van der Waals surface area (Å²) in [4.78, 5) is 12.3. The Hall–Kier alpha value is -2.10. The van der Waals surface area contributed by atoms with Crippen molar-refractivity contribution in [3.05, 3.63) is 52.3 Å². The van der Waals surface area contributed by atoms with E-state index < -0.39 is 0 Å². The Morgan fingerprint density at radius 3 is 2.57 bits per heavy atom. The van der Waals surface area contributed by atoms with Gasteiger partial charge >= 0.3 is 0 Å². The van der Waals surface area contributed by atoms with Crippen molar-refractivity contribution in [2.24, 2.45) is 0 Å². The second-order valence-electron chi connectivity index (χ2n) is 5.50. The third-order valence-corrected chi connectivity index (χ3v) is 4.02. The topological polar surface area (TPSA) is 46.9 Å². The predicted molar refractivity (Wildman–Crippen MR) is 84.4 cm³/mol. The lowest BCUT2D eigenvalue weighted by Gasteiger charge is -2.14. The van der Waals surface area contributed by atoms with E-state index in [1.54, 1.807) is 0 Å². The molecule has 0 aliphatic carbocycles. The maximum atomic E-state index is 12.3. The summed E-state index contributed by atoms with van der Waals surface area (Å²) in [6.07, 6.45) is 1.84. The van der Waals surface area contributed by atoms with Crippen LogP contribution in [0.25, 0.3) is 0 Å². The van der Waals surface area contributed by atoms with Crippen molar-refractivity contribution < 1.29 is 4.79 Å². The molecule has 112 valence electrons. The van der Waals surface area contributed by atoms with Crippen LogP contribution in [0.2, 0.25) is 0 Å². The molecule has 21 heavy (non-hydrogen) atoms. The third kappa shape index (κ3) is 3.15.